The van der Waals surface area contributed by atoms with Crippen molar-refractivity contribution >= 4 is 44.3 Å². The van der Waals surface area contributed by atoms with Crippen LogP contribution in [-0.4, -0.2) is 33.0 Å². The summed E-state index contributed by atoms with van der Waals surface area (Å²) in [6.07, 6.45) is 0.0522. The second-order valence-electron chi connectivity index (χ2n) is 5.24. The van der Waals surface area contributed by atoms with E-state index in [0.717, 1.165) is 0 Å². The molecular weight excluding hydrogens is 394 g/mol. The molecule has 0 heterocycles. The third-order valence-corrected chi connectivity index (χ3v) is 4.69. The van der Waals surface area contributed by atoms with E-state index in [1.165, 1.54) is 12.1 Å². The Balaban J connectivity index is 0.00000441. The van der Waals surface area contributed by atoms with E-state index in [-0.39, 0.29) is 36.2 Å². The highest BCUT2D eigenvalue weighted by atomic mass is 79.9. The number of amides is 1. The summed E-state index contributed by atoms with van der Waals surface area (Å²) >= 11 is 3.22. The van der Waals surface area contributed by atoms with E-state index in [2.05, 4.69) is 26.0 Å². The Morgan fingerprint density at radius 2 is 2.00 bits per heavy atom. The number of carbonyl (C=O) groups is 1. The third-order valence-electron chi connectivity index (χ3n) is 2.74. The Kier molecular flexibility index (Phi) is 8.56. The van der Waals surface area contributed by atoms with Crippen molar-refractivity contribution in [2.45, 2.75) is 30.7 Å². The number of sulfonamides is 1. The summed E-state index contributed by atoms with van der Waals surface area (Å²) < 4.78 is 27.1. The number of benzene rings is 1. The van der Waals surface area contributed by atoms with E-state index in [0.29, 0.717) is 11.0 Å². The number of nitrogens with two attached hydrogens (primary N) is 1. The minimum atomic E-state index is -3.61. The van der Waals surface area contributed by atoms with E-state index in [4.69, 9.17) is 5.73 Å². The molecule has 4 N–H and O–H groups in total. The zero-order chi connectivity index (χ0) is 16.1. The summed E-state index contributed by atoms with van der Waals surface area (Å²) in [5.41, 5.74) is 5.01. The van der Waals surface area contributed by atoms with Crippen LogP contribution in [0.1, 0.15) is 20.3 Å². The van der Waals surface area contributed by atoms with Crippen molar-refractivity contribution in [1.29, 1.82) is 0 Å². The molecule has 0 aliphatic carbocycles. The van der Waals surface area contributed by atoms with Gasteiger partial charge in [-0.1, -0.05) is 22.0 Å². The van der Waals surface area contributed by atoms with Crippen LogP contribution in [-0.2, 0) is 14.8 Å². The standard InChI is InChI=1S/C13H20BrN3O3S.ClH/c1-13(2,9-15)17-12(18)6-7-16-21(19,20)11-5-3-4-10(14)8-11;/h3-5,8,16H,6-7,9,15H2,1-2H3,(H,17,18);1H. The molecule has 126 valence electrons. The number of rotatable bonds is 7. The lowest BCUT2D eigenvalue weighted by Gasteiger charge is -2.24. The molecule has 0 aromatic heterocycles. The highest BCUT2D eigenvalue weighted by Gasteiger charge is 2.19. The van der Waals surface area contributed by atoms with Gasteiger partial charge in [-0.05, 0) is 32.0 Å². The lowest BCUT2D eigenvalue weighted by Crippen LogP contribution is -2.49. The highest BCUT2D eigenvalue weighted by Crippen LogP contribution is 2.15. The Labute approximate surface area is 145 Å². The zero-order valence-corrected chi connectivity index (χ0v) is 15.6. The summed E-state index contributed by atoms with van der Waals surface area (Å²) in [6, 6.07) is 6.36. The molecule has 0 atom stereocenters. The van der Waals surface area contributed by atoms with Crippen LogP contribution >= 0.6 is 28.3 Å². The van der Waals surface area contributed by atoms with Crippen LogP contribution in [0, 0.1) is 0 Å². The summed E-state index contributed by atoms with van der Waals surface area (Å²) in [4.78, 5) is 11.8. The van der Waals surface area contributed by atoms with Gasteiger partial charge in [0.05, 0.1) is 4.90 Å². The van der Waals surface area contributed by atoms with Gasteiger partial charge >= 0.3 is 0 Å². The topological polar surface area (TPSA) is 101 Å². The van der Waals surface area contributed by atoms with E-state index >= 15 is 0 Å². The van der Waals surface area contributed by atoms with Gasteiger partial charge in [-0.25, -0.2) is 13.1 Å². The van der Waals surface area contributed by atoms with Gasteiger partial charge in [0.25, 0.3) is 0 Å². The van der Waals surface area contributed by atoms with Gasteiger partial charge in [0.1, 0.15) is 0 Å². The summed E-state index contributed by atoms with van der Waals surface area (Å²) in [5.74, 6) is -0.248. The molecule has 22 heavy (non-hydrogen) atoms. The van der Waals surface area contributed by atoms with Crippen molar-refractivity contribution in [3.63, 3.8) is 0 Å². The first-order chi connectivity index (χ1) is 9.66. The Morgan fingerprint density at radius 3 is 2.55 bits per heavy atom. The van der Waals surface area contributed by atoms with Gasteiger partial charge in [-0.3, -0.25) is 4.79 Å². The normalized spacial score (nSPS) is 11.6. The van der Waals surface area contributed by atoms with Crippen molar-refractivity contribution in [2.24, 2.45) is 5.73 Å². The zero-order valence-electron chi connectivity index (χ0n) is 12.4. The number of nitrogens with one attached hydrogen (secondary N) is 2. The minimum absolute atomic E-state index is 0. The Morgan fingerprint density at radius 1 is 1.36 bits per heavy atom. The van der Waals surface area contributed by atoms with Gasteiger partial charge < -0.3 is 11.1 Å². The second kappa shape index (κ2) is 8.83. The Bertz CT molecular complexity index is 608. The van der Waals surface area contributed by atoms with E-state index in [1.807, 2.05) is 0 Å². The van der Waals surface area contributed by atoms with Crippen LogP contribution in [0.15, 0.2) is 33.6 Å². The van der Waals surface area contributed by atoms with Crippen molar-refractivity contribution in [3.8, 4) is 0 Å². The molecule has 0 aliphatic rings. The average molecular weight is 415 g/mol. The summed E-state index contributed by atoms with van der Waals surface area (Å²) in [5, 5.41) is 2.73. The average Bonchev–Trinajstić information content (AvgIpc) is 2.38. The maximum Gasteiger partial charge on any atom is 0.240 e. The fourth-order valence-electron chi connectivity index (χ4n) is 1.51. The number of carbonyl (C=O) groups excluding carboxylic acids is 1. The first-order valence-corrected chi connectivity index (χ1v) is 8.70. The van der Waals surface area contributed by atoms with Crippen molar-refractivity contribution in [1.82, 2.24) is 10.0 Å². The molecule has 0 fully saturated rings. The predicted octanol–water partition coefficient (Wildman–Crippen LogP) is 1.39. The molecule has 0 unspecified atom stereocenters. The smallest absolute Gasteiger partial charge is 0.240 e. The maximum absolute atomic E-state index is 12.0. The van der Waals surface area contributed by atoms with Gasteiger partial charge in [-0.2, -0.15) is 0 Å². The van der Waals surface area contributed by atoms with E-state index in [1.54, 1.807) is 26.0 Å². The first-order valence-electron chi connectivity index (χ1n) is 6.42. The molecule has 0 spiro atoms. The third kappa shape index (κ3) is 7.06. The van der Waals surface area contributed by atoms with Crippen molar-refractivity contribution < 1.29 is 13.2 Å². The molecule has 1 rings (SSSR count). The molecule has 1 amide bonds. The predicted molar refractivity (Wildman–Crippen MR) is 92.5 cm³/mol. The SMILES string of the molecule is CC(C)(CN)NC(=O)CCNS(=O)(=O)c1cccc(Br)c1.Cl. The molecule has 1 aromatic rings. The molecule has 0 aliphatic heterocycles. The fourth-order valence-corrected chi connectivity index (χ4v) is 3.14. The minimum Gasteiger partial charge on any atom is -0.350 e. The second-order valence-corrected chi connectivity index (χ2v) is 7.92. The van der Waals surface area contributed by atoms with Crippen LogP contribution in [0.5, 0.6) is 0 Å². The Hall–Kier alpha value is -0.670. The summed E-state index contributed by atoms with van der Waals surface area (Å²) in [7, 11) is -3.61. The van der Waals surface area contributed by atoms with Crippen LogP contribution in [0.4, 0.5) is 0 Å². The van der Waals surface area contributed by atoms with Gasteiger partial charge in [0.15, 0.2) is 0 Å². The van der Waals surface area contributed by atoms with Crippen LogP contribution in [0.3, 0.4) is 0 Å². The largest absolute Gasteiger partial charge is 0.350 e. The van der Waals surface area contributed by atoms with Gasteiger partial charge in [0, 0.05) is 29.5 Å². The number of hydrogen-bond acceptors (Lipinski definition) is 4. The molecule has 0 saturated heterocycles. The molecule has 6 nitrogen and oxygen atoms in total. The van der Waals surface area contributed by atoms with E-state index in [9.17, 15) is 13.2 Å². The molecule has 0 bridgehead atoms. The first kappa shape index (κ1) is 21.3. The monoisotopic (exact) mass is 413 g/mol. The van der Waals surface area contributed by atoms with Crippen molar-refractivity contribution in [2.75, 3.05) is 13.1 Å². The van der Waals surface area contributed by atoms with Gasteiger partial charge in [0.2, 0.25) is 15.9 Å². The number of hydrogen-bond donors (Lipinski definition) is 3. The molecule has 0 radical (unpaired) electrons. The lowest BCUT2D eigenvalue weighted by atomic mass is 10.1. The van der Waals surface area contributed by atoms with Crippen molar-refractivity contribution in [3.05, 3.63) is 28.7 Å². The molecule has 1 aromatic carbocycles. The summed E-state index contributed by atoms with van der Waals surface area (Å²) in [6.45, 7) is 3.94. The van der Waals surface area contributed by atoms with Crippen LogP contribution in [0.2, 0.25) is 0 Å². The van der Waals surface area contributed by atoms with Crippen LogP contribution < -0.4 is 15.8 Å². The lowest BCUT2D eigenvalue weighted by molar-refractivity contribution is -0.122. The quantitative estimate of drug-likeness (QED) is 0.627. The molecule has 9 heteroatoms. The molecule has 0 saturated carbocycles. The maximum atomic E-state index is 12.0. The van der Waals surface area contributed by atoms with Crippen LogP contribution in [0.25, 0.3) is 0 Å². The fraction of sp³-hybridized carbons (Fsp3) is 0.462. The number of halogens is 2. The highest BCUT2D eigenvalue weighted by molar-refractivity contribution is 9.10. The molecular formula is C13H21BrClN3O3S. The van der Waals surface area contributed by atoms with E-state index < -0.39 is 15.6 Å². The van der Waals surface area contributed by atoms with Gasteiger partial charge in [-0.15, -0.1) is 12.4 Å².